The maximum absolute atomic E-state index is 14.7. The zero-order chi connectivity index (χ0) is 55.1. The average Bonchev–Trinajstić information content (AvgIpc) is 3.81. The van der Waals surface area contributed by atoms with E-state index in [1.165, 1.54) is 60.4 Å². The second kappa shape index (κ2) is 24.9. The lowest BCUT2D eigenvalue weighted by Gasteiger charge is -2.32. The molecular weight excluding hydrogens is 1050 g/mol. The van der Waals surface area contributed by atoms with E-state index in [1.54, 1.807) is 38.1 Å². The summed E-state index contributed by atoms with van der Waals surface area (Å²) >= 11 is 5.51. The number of nitrogens with two attached hydrogens (primary N) is 1. The molecule has 0 aliphatic carbocycles. The highest BCUT2D eigenvalue weighted by atomic mass is 32.2. The van der Waals surface area contributed by atoms with Gasteiger partial charge in [-0.1, -0.05) is 58.3 Å². The van der Waals surface area contributed by atoms with Gasteiger partial charge < -0.3 is 49.2 Å². The average molecular weight is 1120 g/mol. The normalized spacial score (nSPS) is 15.5. The lowest BCUT2D eigenvalue weighted by molar-refractivity contribution is 0.0168. The number of hydrogen-bond donors (Lipinski definition) is 2. The van der Waals surface area contributed by atoms with Crippen molar-refractivity contribution in [1.82, 2.24) is 34.5 Å². The minimum absolute atomic E-state index is 0.169. The van der Waals surface area contributed by atoms with Crippen molar-refractivity contribution in [2.24, 2.45) is 0 Å². The van der Waals surface area contributed by atoms with Crippen molar-refractivity contribution < 1.29 is 42.9 Å². The molecule has 18 nitrogen and oxygen atoms in total. The summed E-state index contributed by atoms with van der Waals surface area (Å²) in [6.45, 7) is 15.6. The minimum Gasteiger partial charge on any atom is -0.496 e. The lowest BCUT2D eigenvalue weighted by Crippen LogP contribution is -2.45. The van der Waals surface area contributed by atoms with E-state index in [2.05, 4.69) is 15.3 Å². The molecule has 0 saturated carbocycles. The molecule has 3 N–H and O–H groups in total. The van der Waals surface area contributed by atoms with Crippen molar-refractivity contribution in [3.05, 3.63) is 94.3 Å². The van der Waals surface area contributed by atoms with Crippen LogP contribution in [0.15, 0.2) is 79.1 Å². The van der Waals surface area contributed by atoms with Crippen molar-refractivity contribution in [3.8, 4) is 11.5 Å². The fraction of sp³-hybridized carbons (Fsp3) is 0.463. The number of nitrogens with one attached hydrogen (secondary N) is 1. The largest absolute Gasteiger partial charge is 0.496 e. The van der Waals surface area contributed by atoms with Crippen LogP contribution in [0.1, 0.15) is 102 Å². The monoisotopic (exact) mass is 1120 g/mol. The van der Waals surface area contributed by atoms with Gasteiger partial charge in [0, 0.05) is 73.8 Å². The van der Waals surface area contributed by atoms with Crippen LogP contribution >= 0.6 is 46.2 Å². The van der Waals surface area contributed by atoms with Crippen LogP contribution in [-0.2, 0) is 22.4 Å². The number of benzene rings is 3. The Labute approximate surface area is 462 Å². The van der Waals surface area contributed by atoms with E-state index in [9.17, 15) is 24.0 Å². The standard InChI is InChI=1S/C54H69N9O9S4/c1-33-24-40(69-10)38(28-42(33)73-44-30-56-49(55)75-44)48(66)61-19-16-37(63(23-22-61)52(68)72-54(5,6)7)26-36-27-41(70-11)39(47(65)60-17-13-18-62(21-20-60)51(67)71-53(2,3)4)29-43(36)74-45-31-57-50(76-45)58-46(64)35-15-12-14-34(25-35)32-59(8)9/h12,14-15,24-25,27-31,37H,13,16-23,26,32H2,1-11H3,(H2,55,56)(H,57,58,64). The third-order valence-corrected chi connectivity index (χ3v) is 16.4. The number of rotatable bonds is 14. The molecule has 0 bridgehead atoms. The molecule has 5 aromatic rings. The van der Waals surface area contributed by atoms with Gasteiger partial charge in [0.15, 0.2) is 10.3 Å². The van der Waals surface area contributed by atoms with Crippen molar-refractivity contribution >= 4 is 86.4 Å². The van der Waals surface area contributed by atoms with Gasteiger partial charge >= 0.3 is 12.2 Å². The zero-order valence-corrected chi connectivity index (χ0v) is 48.4. The van der Waals surface area contributed by atoms with Crippen molar-refractivity contribution in [3.63, 3.8) is 0 Å². The predicted octanol–water partition coefficient (Wildman–Crippen LogP) is 9.90. The Balaban J connectivity index is 1.21. The highest BCUT2D eigenvalue weighted by Crippen LogP contribution is 2.41. The molecule has 0 spiro atoms. The number of anilines is 2. The van der Waals surface area contributed by atoms with E-state index in [0.717, 1.165) is 30.0 Å². The molecule has 4 heterocycles. The second-order valence-electron chi connectivity index (χ2n) is 20.8. The Bertz CT molecular complexity index is 2910. The zero-order valence-electron chi connectivity index (χ0n) is 45.1. The molecule has 0 radical (unpaired) electrons. The number of methoxy groups -OCH3 is 2. The molecule has 3 aromatic carbocycles. The first-order valence-electron chi connectivity index (χ1n) is 25.0. The van der Waals surface area contributed by atoms with Crippen LogP contribution in [0.3, 0.4) is 0 Å². The van der Waals surface area contributed by atoms with Crippen LogP contribution in [0.25, 0.3) is 0 Å². The third-order valence-electron chi connectivity index (χ3n) is 12.2. The van der Waals surface area contributed by atoms with Crippen molar-refractivity contribution in [2.45, 2.75) is 110 Å². The second-order valence-corrected chi connectivity index (χ2v) is 25.6. The van der Waals surface area contributed by atoms with Gasteiger partial charge in [-0.25, -0.2) is 19.6 Å². The lowest BCUT2D eigenvalue weighted by atomic mass is 9.99. The number of aromatic nitrogens is 2. The van der Waals surface area contributed by atoms with Crippen LogP contribution in [0.5, 0.6) is 11.5 Å². The molecule has 2 fully saturated rings. The molecular formula is C54H69N9O9S4. The molecule has 5 amide bonds. The van der Waals surface area contributed by atoms with E-state index in [0.29, 0.717) is 95.3 Å². The Morgan fingerprint density at radius 1 is 0.737 bits per heavy atom. The van der Waals surface area contributed by atoms with Gasteiger partial charge in [0.05, 0.1) is 46.2 Å². The van der Waals surface area contributed by atoms with E-state index in [4.69, 9.17) is 24.7 Å². The van der Waals surface area contributed by atoms with E-state index in [1.807, 2.05) is 110 Å². The number of carbonyl (C=O) groups is 5. The van der Waals surface area contributed by atoms with Crippen molar-refractivity contribution in [1.29, 1.82) is 0 Å². The molecule has 2 aliphatic heterocycles. The topological polar surface area (TPSA) is 202 Å². The van der Waals surface area contributed by atoms with Gasteiger partial charge in [-0.15, -0.1) is 0 Å². The van der Waals surface area contributed by atoms with Crippen LogP contribution in [0, 0.1) is 6.92 Å². The SMILES string of the molecule is COc1cc(CC2CCN(C(=O)c3cc(Sc4cnc(N)s4)c(C)cc3OC)CCN2C(=O)OC(C)(C)C)c(Sc2cnc(NC(=O)c3cccc(CN(C)C)c3)s2)cc1C(=O)N1CCCN(C(=O)OC(C)(C)C)CC1. The Hall–Kier alpha value is -6.07. The van der Waals surface area contributed by atoms with Gasteiger partial charge in [-0.05, 0) is 135 Å². The summed E-state index contributed by atoms with van der Waals surface area (Å²) in [7, 11) is 7.00. The molecule has 2 saturated heterocycles. The number of nitrogens with zero attached hydrogens (tertiary/aromatic N) is 7. The number of aryl methyl sites for hydroxylation is 1. The fourth-order valence-electron chi connectivity index (χ4n) is 8.73. The number of ether oxygens (including phenoxy) is 4. The van der Waals surface area contributed by atoms with Gasteiger partial charge in [-0.2, -0.15) is 0 Å². The minimum atomic E-state index is -0.812. The summed E-state index contributed by atoms with van der Waals surface area (Å²) < 4.78 is 25.1. The molecule has 1 atom stereocenters. The quantitative estimate of drug-likeness (QED) is 0.106. The summed E-state index contributed by atoms with van der Waals surface area (Å²) in [6.07, 6.45) is 3.66. The Morgan fingerprint density at radius 3 is 1.99 bits per heavy atom. The predicted molar refractivity (Wildman–Crippen MR) is 299 cm³/mol. The van der Waals surface area contributed by atoms with Crippen LogP contribution in [0.4, 0.5) is 19.9 Å². The fourth-order valence-corrected chi connectivity index (χ4v) is 12.5. The smallest absolute Gasteiger partial charge is 0.410 e. The number of nitrogen functional groups attached to an aromatic ring is 1. The third kappa shape index (κ3) is 15.3. The van der Waals surface area contributed by atoms with Gasteiger partial charge in [0.25, 0.3) is 17.7 Å². The summed E-state index contributed by atoms with van der Waals surface area (Å²) in [4.78, 5) is 89.5. The highest BCUT2D eigenvalue weighted by Gasteiger charge is 2.35. The van der Waals surface area contributed by atoms with Crippen molar-refractivity contribution in [2.75, 3.05) is 85.2 Å². The summed E-state index contributed by atoms with van der Waals surface area (Å²) in [5.41, 5.74) is 8.36. The van der Waals surface area contributed by atoms with Crippen LogP contribution < -0.4 is 20.5 Å². The summed E-state index contributed by atoms with van der Waals surface area (Å²) in [5.74, 6) is -0.0401. The first-order valence-corrected chi connectivity index (χ1v) is 28.3. The first-order chi connectivity index (χ1) is 36.0. The Morgan fingerprint density at radius 2 is 1.33 bits per heavy atom. The van der Waals surface area contributed by atoms with Gasteiger partial charge in [0.2, 0.25) is 0 Å². The van der Waals surface area contributed by atoms with Crippen LogP contribution in [0.2, 0.25) is 0 Å². The van der Waals surface area contributed by atoms with Gasteiger partial charge in [-0.3, -0.25) is 19.7 Å². The number of hydrogen-bond acceptors (Lipinski definition) is 17. The van der Waals surface area contributed by atoms with E-state index in [-0.39, 0.29) is 37.4 Å². The van der Waals surface area contributed by atoms with Crippen LogP contribution in [-0.4, -0.2) is 156 Å². The highest BCUT2D eigenvalue weighted by molar-refractivity contribution is 8.01. The number of thiazole rings is 2. The molecule has 2 aromatic heterocycles. The molecule has 2 aliphatic rings. The molecule has 22 heteroatoms. The Kier molecular flexibility index (Phi) is 18.9. The molecule has 76 heavy (non-hydrogen) atoms. The maximum Gasteiger partial charge on any atom is 0.410 e. The van der Waals surface area contributed by atoms with E-state index < -0.39 is 29.4 Å². The maximum atomic E-state index is 14.7. The number of carbonyl (C=O) groups excluding carboxylic acids is 5. The number of amides is 5. The molecule has 7 rings (SSSR count). The summed E-state index contributed by atoms with van der Waals surface area (Å²) in [6, 6.07) is 14.3. The molecule has 1 unspecified atom stereocenters. The van der Waals surface area contributed by atoms with E-state index >= 15 is 0 Å². The van der Waals surface area contributed by atoms with Gasteiger partial charge in [0.1, 0.15) is 22.7 Å². The molecule has 408 valence electrons. The summed E-state index contributed by atoms with van der Waals surface area (Å²) in [5, 5.41) is 3.80. The first kappa shape index (κ1) is 57.6.